The van der Waals surface area contributed by atoms with Crippen molar-refractivity contribution in [2.45, 2.75) is 0 Å². The third kappa shape index (κ3) is 4.86. The molecule has 0 aliphatic rings. The van der Waals surface area contributed by atoms with Gasteiger partial charge in [-0.3, -0.25) is 10.4 Å². The Labute approximate surface area is 196 Å². The highest BCUT2D eigenvalue weighted by Crippen LogP contribution is 2.38. The first-order chi connectivity index (χ1) is 16.1. The summed E-state index contributed by atoms with van der Waals surface area (Å²) < 4.78 is 10.7. The second-order valence-corrected chi connectivity index (χ2v) is 7.32. The number of nitrogens with one attached hydrogen (secondary N) is 2. The highest BCUT2D eigenvalue weighted by atomic mass is 35.5. The number of methoxy groups -OCH3 is 2. The van der Waals surface area contributed by atoms with Gasteiger partial charge >= 0.3 is 0 Å². The molecule has 4 N–H and O–H groups in total. The minimum Gasteiger partial charge on any atom is -0.495 e. The summed E-state index contributed by atoms with van der Waals surface area (Å²) in [4.78, 5) is 8.65. The lowest BCUT2D eigenvalue weighted by molar-refractivity contribution is 0.396. The van der Waals surface area contributed by atoms with Crippen LogP contribution in [0.1, 0.15) is 0 Å². The average molecular weight is 463 g/mol. The fourth-order valence-corrected chi connectivity index (χ4v) is 3.45. The molecule has 0 unspecified atom stereocenters. The second-order valence-electron chi connectivity index (χ2n) is 6.91. The summed E-state index contributed by atoms with van der Waals surface area (Å²) in [5.41, 5.74) is 12.5. The number of ether oxygens (including phenoxy) is 2. The lowest BCUT2D eigenvalue weighted by atomic mass is 10.2. The Morgan fingerprint density at radius 2 is 1.39 bits per heavy atom. The van der Waals surface area contributed by atoms with E-state index in [1.807, 2.05) is 65.7 Å². The van der Waals surface area contributed by atoms with Gasteiger partial charge in [0, 0.05) is 6.07 Å². The molecule has 33 heavy (non-hydrogen) atoms. The molecule has 0 aliphatic heterocycles. The van der Waals surface area contributed by atoms with E-state index < -0.39 is 0 Å². The molecule has 3 aromatic carbocycles. The standard InChI is InChI=1S/C24H23ClN6O2/c1-32-20-14-21(33-2)19(13-18(20)25)29-23-22(26)24(28-15-27-23)30-31(16-9-5-3-6-10-16)17-11-7-4-8-12-17/h3-15H,26H2,1-2H3,(H2,27,28,29,30). The summed E-state index contributed by atoms with van der Waals surface area (Å²) in [5.74, 6) is 1.85. The van der Waals surface area contributed by atoms with Gasteiger partial charge in [-0.2, -0.15) is 0 Å². The van der Waals surface area contributed by atoms with Crippen molar-refractivity contribution in [1.29, 1.82) is 0 Å². The molecule has 0 radical (unpaired) electrons. The smallest absolute Gasteiger partial charge is 0.173 e. The molecule has 0 spiro atoms. The van der Waals surface area contributed by atoms with Gasteiger partial charge in [-0.05, 0) is 30.3 Å². The van der Waals surface area contributed by atoms with Gasteiger partial charge in [-0.1, -0.05) is 48.0 Å². The number of nitrogens with two attached hydrogens (primary N) is 1. The maximum Gasteiger partial charge on any atom is 0.173 e. The van der Waals surface area contributed by atoms with Crippen LogP contribution in [0.5, 0.6) is 11.5 Å². The summed E-state index contributed by atoms with van der Waals surface area (Å²) in [6.45, 7) is 0. The number of benzene rings is 3. The topological polar surface area (TPSA) is 97.6 Å². The zero-order chi connectivity index (χ0) is 23.2. The van der Waals surface area contributed by atoms with E-state index >= 15 is 0 Å². The van der Waals surface area contributed by atoms with Crippen molar-refractivity contribution in [2.75, 3.05) is 35.7 Å². The van der Waals surface area contributed by atoms with Crippen LogP contribution in [0, 0.1) is 0 Å². The van der Waals surface area contributed by atoms with Crippen LogP contribution in [0.25, 0.3) is 0 Å². The van der Waals surface area contributed by atoms with E-state index in [1.54, 1.807) is 26.4 Å². The summed E-state index contributed by atoms with van der Waals surface area (Å²) in [7, 11) is 3.10. The maximum absolute atomic E-state index is 6.45. The van der Waals surface area contributed by atoms with Gasteiger partial charge in [-0.25, -0.2) is 9.97 Å². The quantitative estimate of drug-likeness (QED) is 0.289. The number of nitrogen functional groups attached to an aromatic ring is 1. The molecule has 0 saturated heterocycles. The monoisotopic (exact) mass is 462 g/mol. The van der Waals surface area contributed by atoms with Crippen LogP contribution in [-0.4, -0.2) is 24.2 Å². The van der Waals surface area contributed by atoms with E-state index in [0.717, 1.165) is 11.4 Å². The molecule has 8 nitrogen and oxygen atoms in total. The molecule has 0 bridgehead atoms. The third-order valence-electron chi connectivity index (χ3n) is 4.86. The van der Waals surface area contributed by atoms with Crippen molar-refractivity contribution < 1.29 is 9.47 Å². The van der Waals surface area contributed by atoms with Gasteiger partial charge in [0.05, 0.1) is 36.3 Å². The molecule has 0 saturated carbocycles. The Balaban J connectivity index is 1.68. The lowest BCUT2D eigenvalue weighted by Gasteiger charge is -2.27. The van der Waals surface area contributed by atoms with Crippen molar-refractivity contribution in [1.82, 2.24) is 9.97 Å². The predicted molar refractivity (Wildman–Crippen MR) is 133 cm³/mol. The molecule has 1 heterocycles. The molecule has 9 heteroatoms. The minimum absolute atomic E-state index is 0.323. The van der Waals surface area contributed by atoms with Gasteiger partial charge in [0.15, 0.2) is 11.6 Å². The summed E-state index contributed by atoms with van der Waals surface area (Å²) in [6.07, 6.45) is 1.42. The average Bonchev–Trinajstić information content (AvgIpc) is 2.86. The van der Waals surface area contributed by atoms with Gasteiger partial charge in [-0.15, -0.1) is 0 Å². The van der Waals surface area contributed by atoms with Crippen LogP contribution in [0.15, 0.2) is 79.1 Å². The fourth-order valence-electron chi connectivity index (χ4n) is 3.21. The van der Waals surface area contributed by atoms with E-state index in [4.69, 9.17) is 26.8 Å². The van der Waals surface area contributed by atoms with Crippen molar-refractivity contribution >= 4 is 46.0 Å². The van der Waals surface area contributed by atoms with E-state index in [9.17, 15) is 0 Å². The molecule has 4 aromatic rings. The fraction of sp³-hybridized carbons (Fsp3) is 0.0833. The summed E-state index contributed by atoms with van der Waals surface area (Å²) in [5, 5.41) is 5.50. The summed E-state index contributed by atoms with van der Waals surface area (Å²) >= 11 is 6.30. The number of halogens is 1. The molecule has 1 aromatic heterocycles. The molecule has 0 amide bonds. The maximum atomic E-state index is 6.45. The van der Waals surface area contributed by atoms with Gasteiger partial charge < -0.3 is 20.5 Å². The van der Waals surface area contributed by atoms with Crippen molar-refractivity contribution in [3.8, 4) is 11.5 Å². The highest BCUT2D eigenvalue weighted by molar-refractivity contribution is 6.32. The van der Waals surface area contributed by atoms with Gasteiger partial charge in [0.1, 0.15) is 23.5 Å². The van der Waals surface area contributed by atoms with Crippen LogP contribution < -0.4 is 31.0 Å². The van der Waals surface area contributed by atoms with Crippen LogP contribution in [0.4, 0.5) is 34.4 Å². The van der Waals surface area contributed by atoms with E-state index in [2.05, 4.69) is 20.7 Å². The molecule has 0 atom stereocenters. The minimum atomic E-state index is 0.323. The first kappa shape index (κ1) is 22.0. The van der Waals surface area contributed by atoms with Crippen LogP contribution in [0.3, 0.4) is 0 Å². The number of hydrogen-bond acceptors (Lipinski definition) is 8. The number of hydrogen-bond donors (Lipinski definition) is 3. The molecule has 0 fully saturated rings. The highest BCUT2D eigenvalue weighted by Gasteiger charge is 2.16. The van der Waals surface area contributed by atoms with E-state index in [-0.39, 0.29) is 0 Å². The molecular formula is C24H23ClN6O2. The number of nitrogens with zero attached hydrogens (tertiary/aromatic N) is 3. The Kier molecular flexibility index (Phi) is 6.66. The van der Waals surface area contributed by atoms with Gasteiger partial charge in [0.2, 0.25) is 0 Å². The molecular weight excluding hydrogens is 440 g/mol. The first-order valence-electron chi connectivity index (χ1n) is 10.1. The Morgan fingerprint density at radius 3 is 1.97 bits per heavy atom. The first-order valence-corrected chi connectivity index (χ1v) is 10.4. The number of rotatable bonds is 8. The SMILES string of the molecule is COc1cc(OC)c(Nc2ncnc(NN(c3ccccc3)c3ccccc3)c2N)cc1Cl. The van der Waals surface area contributed by atoms with Crippen molar-refractivity contribution in [3.05, 3.63) is 84.1 Å². The Morgan fingerprint density at radius 1 is 0.818 bits per heavy atom. The zero-order valence-electron chi connectivity index (χ0n) is 18.1. The Bertz CT molecular complexity index is 1190. The predicted octanol–water partition coefficient (Wildman–Crippen LogP) is 5.64. The normalized spacial score (nSPS) is 10.4. The van der Waals surface area contributed by atoms with Crippen LogP contribution >= 0.6 is 11.6 Å². The zero-order valence-corrected chi connectivity index (χ0v) is 18.9. The van der Waals surface area contributed by atoms with Gasteiger partial charge in [0.25, 0.3) is 0 Å². The summed E-state index contributed by atoms with van der Waals surface area (Å²) in [6, 6.07) is 23.1. The van der Waals surface area contributed by atoms with E-state index in [1.165, 1.54) is 6.33 Å². The number of aromatic nitrogens is 2. The Hall–Kier alpha value is -4.17. The third-order valence-corrected chi connectivity index (χ3v) is 5.15. The molecule has 168 valence electrons. The second kappa shape index (κ2) is 9.97. The number of para-hydroxylation sites is 2. The van der Waals surface area contributed by atoms with Crippen molar-refractivity contribution in [2.24, 2.45) is 0 Å². The molecule has 0 aliphatic carbocycles. The van der Waals surface area contributed by atoms with Crippen LogP contribution in [0.2, 0.25) is 5.02 Å². The molecule has 4 rings (SSSR count). The largest absolute Gasteiger partial charge is 0.495 e. The lowest BCUT2D eigenvalue weighted by Crippen LogP contribution is -2.26. The van der Waals surface area contributed by atoms with Crippen LogP contribution in [-0.2, 0) is 0 Å². The van der Waals surface area contributed by atoms with Crippen molar-refractivity contribution in [3.63, 3.8) is 0 Å². The number of anilines is 6. The number of hydrazine groups is 1. The van der Waals surface area contributed by atoms with E-state index in [0.29, 0.717) is 39.5 Å².